The molecule has 0 amide bonds. The first-order chi connectivity index (χ1) is 15.1. The first-order valence-electron chi connectivity index (χ1n) is 9.92. The van der Waals surface area contributed by atoms with Gasteiger partial charge in [-0.25, -0.2) is 4.39 Å². The molecule has 0 fully saturated rings. The first kappa shape index (κ1) is 19.1. The Balaban J connectivity index is 1.46. The highest BCUT2D eigenvalue weighted by atomic mass is 19.1. The number of carbonyl (C=O) groups excluding carboxylic acids is 1. The standard InChI is InChI=1S/C25H18FNO4/c26-20-7-3-1-5-16(20)14-30-17-11-9-15(10-12-17)19-13-22(28)31-24-18-6-2-4-8-21(18)27-25(29)23(19)24/h1-12,19H,13-14H2,(H,27,29)/t19-/m1/s1. The summed E-state index contributed by atoms with van der Waals surface area (Å²) in [4.78, 5) is 28.0. The number of benzene rings is 3. The summed E-state index contributed by atoms with van der Waals surface area (Å²) in [5, 5.41) is 0.694. The van der Waals surface area contributed by atoms with Gasteiger partial charge in [-0.2, -0.15) is 0 Å². The number of hydrogen-bond donors (Lipinski definition) is 1. The van der Waals surface area contributed by atoms with E-state index in [2.05, 4.69) is 4.98 Å². The number of aromatic nitrogens is 1. The van der Waals surface area contributed by atoms with E-state index in [0.29, 0.717) is 33.5 Å². The number of nitrogens with one attached hydrogen (secondary N) is 1. The van der Waals surface area contributed by atoms with Crippen molar-refractivity contribution < 1.29 is 18.7 Å². The molecule has 3 aromatic carbocycles. The summed E-state index contributed by atoms with van der Waals surface area (Å²) >= 11 is 0. The van der Waals surface area contributed by atoms with E-state index < -0.39 is 5.92 Å². The predicted molar refractivity (Wildman–Crippen MR) is 114 cm³/mol. The molecule has 0 radical (unpaired) electrons. The molecule has 5 nitrogen and oxygen atoms in total. The maximum absolute atomic E-state index is 13.8. The minimum absolute atomic E-state index is 0.0733. The Bertz CT molecular complexity index is 1340. The van der Waals surface area contributed by atoms with Crippen LogP contribution in [0.4, 0.5) is 4.39 Å². The summed E-state index contributed by atoms with van der Waals surface area (Å²) in [5.74, 6) is -0.236. The predicted octanol–water partition coefficient (Wildman–Crippen LogP) is 4.69. The third-order valence-corrected chi connectivity index (χ3v) is 5.48. The molecule has 1 aliphatic heterocycles. The van der Waals surface area contributed by atoms with Crippen LogP contribution in [0, 0.1) is 5.82 Å². The average Bonchev–Trinajstić information content (AvgIpc) is 2.78. The van der Waals surface area contributed by atoms with Crippen LogP contribution in [-0.2, 0) is 11.4 Å². The maximum atomic E-state index is 13.8. The third-order valence-electron chi connectivity index (χ3n) is 5.48. The van der Waals surface area contributed by atoms with E-state index in [1.807, 2.05) is 30.3 Å². The summed E-state index contributed by atoms with van der Waals surface area (Å²) in [6, 6.07) is 20.8. The Kier molecular flexibility index (Phi) is 4.75. The lowest BCUT2D eigenvalue weighted by molar-refractivity contribution is -0.135. The molecular weight excluding hydrogens is 397 g/mol. The molecule has 1 atom stereocenters. The molecule has 0 aliphatic carbocycles. The monoisotopic (exact) mass is 415 g/mol. The second-order valence-electron chi connectivity index (χ2n) is 7.42. The minimum Gasteiger partial charge on any atom is -0.489 e. The Hall–Kier alpha value is -3.93. The molecule has 2 heterocycles. The van der Waals surface area contributed by atoms with E-state index in [0.717, 1.165) is 5.56 Å². The van der Waals surface area contributed by atoms with Crippen LogP contribution in [0.1, 0.15) is 29.0 Å². The number of hydrogen-bond acceptors (Lipinski definition) is 4. The molecule has 1 aliphatic rings. The van der Waals surface area contributed by atoms with Crippen LogP contribution in [0.2, 0.25) is 0 Å². The molecule has 6 heteroatoms. The number of aromatic amines is 1. The maximum Gasteiger partial charge on any atom is 0.312 e. The highest BCUT2D eigenvalue weighted by Crippen LogP contribution is 2.40. The summed E-state index contributed by atoms with van der Waals surface area (Å²) in [6.07, 6.45) is 0.0733. The zero-order valence-corrected chi connectivity index (χ0v) is 16.4. The van der Waals surface area contributed by atoms with E-state index in [4.69, 9.17) is 9.47 Å². The van der Waals surface area contributed by atoms with Gasteiger partial charge in [0.05, 0.1) is 17.5 Å². The Morgan fingerprint density at radius 1 is 0.968 bits per heavy atom. The molecule has 0 saturated carbocycles. The highest BCUT2D eigenvalue weighted by Gasteiger charge is 2.32. The zero-order chi connectivity index (χ0) is 21.4. The van der Waals surface area contributed by atoms with Crippen LogP contribution >= 0.6 is 0 Å². The van der Waals surface area contributed by atoms with Crippen LogP contribution < -0.4 is 15.0 Å². The smallest absolute Gasteiger partial charge is 0.312 e. The van der Waals surface area contributed by atoms with Crippen molar-refractivity contribution in [3.8, 4) is 11.5 Å². The Morgan fingerprint density at radius 3 is 2.52 bits per heavy atom. The summed E-state index contributed by atoms with van der Waals surface area (Å²) in [5.41, 5.74) is 2.06. The fraction of sp³-hybridized carbons (Fsp3) is 0.120. The van der Waals surface area contributed by atoms with Gasteiger partial charge in [-0.3, -0.25) is 9.59 Å². The third kappa shape index (κ3) is 3.57. The molecule has 4 aromatic rings. The van der Waals surface area contributed by atoms with E-state index in [-0.39, 0.29) is 30.4 Å². The van der Waals surface area contributed by atoms with Crippen LogP contribution in [0.3, 0.4) is 0 Å². The fourth-order valence-electron chi connectivity index (χ4n) is 3.94. The van der Waals surface area contributed by atoms with Gasteiger partial charge in [0.2, 0.25) is 0 Å². The van der Waals surface area contributed by atoms with Crippen LogP contribution in [0.5, 0.6) is 11.5 Å². The summed E-state index contributed by atoms with van der Waals surface area (Å²) < 4.78 is 24.9. The van der Waals surface area contributed by atoms with Gasteiger partial charge in [0.1, 0.15) is 23.9 Å². The molecule has 1 aromatic heterocycles. The van der Waals surface area contributed by atoms with Crippen molar-refractivity contribution in [1.29, 1.82) is 0 Å². The first-order valence-corrected chi connectivity index (χ1v) is 9.92. The highest BCUT2D eigenvalue weighted by molar-refractivity contribution is 5.91. The van der Waals surface area contributed by atoms with Gasteiger partial charge in [0.15, 0.2) is 0 Å². The molecule has 0 unspecified atom stereocenters. The van der Waals surface area contributed by atoms with Crippen molar-refractivity contribution in [2.45, 2.75) is 18.9 Å². The van der Waals surface area contributed by atoms with Crippen molar-refractivity contribution >= 4 is 16.9 Å². The van der Waals surface area contributed by atoms with Gasteiger partial charge in [-0.05, 0) is 35.9 Å². The normalized spacial score (nSPS) is 15.4. The number of fused-ring (bicyclic) bond motifs is 3. The molecule has 0 saturated heterocycles. The van der Waals surface area contributed by atoms with E-state index in [1.54, 1.807) is 36.4 Å². The number of para-hydroxylation sites is 1. The van der Waals surface area contributed by atoms with Crippen molar-refractivity contribution in [1.82, 2.24) is 4.98 Å². The van der Waals surface area contributed by atoms with Crippen LogP contribution in [-0.4, -0.2) is 11.0 Å². The van der Waals surface area contributed by atoms with Crippen molar-refractivity contribution in [2.24, 2.45) is 0 Å². The number of esters is 1. The fourth-order valence-corrected chi connectivity index (χ4v) is 3.94. The molecule has 154 valence electrons. The summed E-state index contributed by atoms with van der Waals surface area (Å²) in [7, 11) is 0. The number of rotatable bonds is 4. The van der Waals surface area contributed by atoms with Gasteiger partial charge in [-0.15, -0.1) is 0 Å². The van der Waals surface area contributed by atoms with Gasteiger partial charge in [0, 0.05) is 16.9 Å². The van der Waals surface area contributed by atoms with Gasteiger partial charge in [-0.1, -0.05) is 42.5 Å². The van der Waals surface area contributed by atoms with Gasteiger partial charge < -0.3 is 14.5 Å². The van der Waals surface area contributed by atoms with Gasteiger partial charge in [0.25, 0.3) is 5.56 Å². The van der Waals surface area contributed by atoms with E-state index in [9.17, 15) is 14.0 Å². The van der Waals surface area contributed by atoms with Crippen molar-refractivity contribution in [2.75, 3.05) is 0 Å². The largest absolute Gasteiger partial charge is 0.489 e. The SMILES string of the molecule is O=C1C[C@H](c2ccc(OCc3ccccc3F)cc2)c2c(c3ccccc3[nH]c2=O)O1. The number of H-pyrrole nitrogens is 1. The van der Waals surface area contributed by atoms with Crippen molar-refractivity contribution in [3.05, 3.63) is 106 Å². The summed E-state index contributed by atoms with van der Waals surface area (Å²) in [6.45, 7) is 0.107. The second-order valence-corrected chi connectivity index (χ2v) is 7.42. The van der Waals surface area contributed by atoms with E-state index in [1.165, 1.54) is 6.07 Å². The Morgan fingerprint density at radius 2 is 1.71 bits per heavy atom. The molecular formula is C25H18FNO4. The molecule has 31 heavy (non-hydrogen) atoms. The van der Waals surface area contributed by atoms with E-state index >= 15 is 0 Å². The molecule has 0 spiro atoms. The molecule has 1 N–H and O–H groups in total. The number of halogens is 1. The quantitative estimate of drug-likeness (QED) is 0.491. The second kappa shape index (κ2) is 7.72. The molecule has 5 rings (SSSR count). The lowest BCUT2D eigenvalue weighted by atomic mass is 9.86. The lowest BCUT2D eigenvalue weighted by Gasteiger charge is -2.25. The number of ether oxygens (including phenoxy) is 2. The van der Waals surface area contributed by atoms with Crippen molar-refractivity contribution in [3.63, 3.8) is 0 Å². The Labute approximate surface area is 177 Å². The number of pyridine rings is 1. The number of carbonyl (C=O) groups is 1. The zero-order valence-electron chi connectivity index (χ0n) is 16.4. The average molecular weight is 415 g/mol. The topological polar surface area (TPSA) is 68.4 Å². The minimum atomic E-state index is -0.426. The van der Waals surface area contributed by atoms with Crippen LogP contribution in [0.15, 0.2) is 77.6 Å². The van der Waals surface area contributed by atoms with Gasteiger partial charge >= 0.3 is 5.97 Å². The lowest BCUT2D eigenvalue weighted by Crippen LogP contribution is -2.28. The molecule has 0 bridgehead atoms. The van der Waals surface area contributed by atoms with Crippen LogP contribution in [0.25, 0.3) is 10.9 Å².